The van der Waals surface area contributed by atoms with Gasteiger partial charge in [-0.3, -0.25) is 4.79 Å². The van der Waals surface area contributed by atoms with Gasteiger partial charge in [-0.2, -0.15) is 0 Å². The number of alkyl carbamates (subject to hydrolysis) is 1. The van der Waals surface area contributed by atoms with Gasteiger partial charge in [-0.05, 0) is 32.4 Å². The molecule has 110 valence electrons. The van der Waals surface area contributed by atoms with E-state index in [1.54, 1.807) is 26.8 Å². The van der Waals surface area contributed by atoms with Crippen LogP contribution in [0.15, 0.2) is 24.4 Å². The van der Waals surface area contributed by atoms with E-state index >= 15 is 0 Å². The Morgan fingerprint density at radius 1 is 1.38 bits per heavy atom. The highest BCUT2D eigenvalue weighted by molar-refractivity contribution is 6.13. The first-order valence-electron chi connectivity index (χ1n) is 6.98. The Labute approximate surface area is 122 Å². The minimum Gasteiger partial charge on any atom is -0.444 e. The van der Waals surface area contributed by atoms with E-state index < -0.39 is 17.7 Å². The molecule has 5 nitrogen and oxygen atoms in total. The summed E-state index contributed by atoms with van der Waals surface area (Å²) in [6.07, 6.45) is 1.81. The van der Waals surface area contributed by atoms with Gasteiger partial charge >= 0.3 is 6.09 Å². The highest BCUT2D eigenvalue weighted by Gasteiger charge is 2.31. The molecule has 0 saturated carbocycles. The van der Waals surface area contributed by atoms with Crippen molar-refractivity contribution in [2.75, 3.05) is 0 Å². The normalized spacial score (nSPS) is 17.9. The number of hydrogen-bond acceptors (Lipinski definition) is 3. The lowest BCUT2D eigenvalue weighted by molar-refractivity contribution is 0.0491. The van der Waals surface area contributed by atoms with Crippen LogP contribution in [0.25, 0.3) is 10.9 Å². The minimum absolute atomic E-state index is 0.0708. The number of aromatic amines is 1. The van der Waals surface area contributed by atoms with Gasteiger partial charge in [0, 0.05) is 29.1 Å². The summed E-state index contributed by atoms with van der Waals surface area (Å²) in [5, 5.41) is 3.64. The SMILES string of the molecule is CC(C)(C)OC(=O)NC1Cc2c[nH]c3cccc(c23)C1=O. The second-order valence-corrected chi connectivity index (χ2v) is 6.31. The lowest BCUT2D eigenvalue weighted by atomic mass is 9.88. The molecule has 1 atom stereocenters. The van der Waals surface area contributed by atoms with Gasteiger partial charge < -0.3 is 15.0 Å². The number of amides is 1. The lowest BCUT2D eigenvalue weighted by Crippen LogP contribution is -2.45. The number of Topliss-reactive ketones (excluding diaryl/α,β-unsaturated/α-hetero) is 1. The van der Waals surface area contributed by atoms with E-state index in [2.05, 4.69) is 10.3 Å². The molecule has 1 aliphatic rings. The Morgan fingerprint density at radius 2 is 2.14 bits per heavy atom. The lowest BCUT2D eigenvalue weighted by Gasteiger charge is -2.25. The van der Waals surface area contributed by atoms with Gasteiger partial charge in [-0.25, -0.2) is 4.79 Å². The van der Waals surface area contributed by atoms with Crippen molar-refractivity contribution in [3.05, 3.63) is 35.5 Å². The Hall–Kier alpha value is -2.30. The molecule has 1 unspecified atom stereocenters. The first kappa shape index (κ1) is 13.7. The van der Waals surface area contributed by atoms with Crippen molar-refractivity contribution in [1.29, 1.82) is 0 Å². The van der Waals surface area contributed by atoms with Gasteiger partial charge in [0.05, 0.1) is 6.04 Å². The van der Waals surface area contributed by atoms with Crippen LogP contribution in [0.1, 0.15) is 36.7 Å². The van der Waals surface area contributed by atoms with E-state index in [1.807, 2.05) is 18.3 Å². The second kappa shape index (κ2) is 4.62. The summed E-state index contributed by atoms with van der Waals surface area (Å²) in [5.41, 5.74) is 2.06. The molecule has 2 N–H and O–H groups in total. The minimum atomic E-state index is -0.582. The van der Waals surface area contributed by atoms with E-state index in [-0.39, 0.29) is 5.78 Å². The van der Waals surface area contributed by atoms with Crippen molar-refractivity contribution in [2.45, 2.75) is 38.8 Å². The Morgan fingerprint density at radius 3 is 2.86 bits per heavy atom. The maximum absolute atomic E-state index is 12.5. The summed E-state index contributed by atoms with van der Waals surface area (Å²) in [5.74, 6) is -0.0708. The number of hydrogen-bond donors (Lipinski definition) is 2. The van der Waals surface area contributed by atoms with Crippen molar-refractivity contribution in [2.24, 2.45) is 0 Å². The third kappa shape index (κ3) is 2.51. The van der Waals surface area contributed by atoms with Crippen molar-refractivity contribution in [3.63, 3.8) is 0 Å². The Balaban J connectivity index is 1.85. The summed E-state index contributed by atoms with van der Waals surface area (Å²) >= 11 is 0. The summed E-state index contributed by atoms with van der Waals surface area (Å²) in [6.45, 7) is 5.38. The molecule has 0 fully saturated rings. The summed E-state index contributed by atoms with van der Waals surface area (Å²) in [4.78, 5) is 27.5. The summed E-state index contributed by atoms with van der Waals surface area (Å²) in [6, 6.07) is 5.00. The number of aromatic nitrogens is 1. The van der Waals surface area contributed by atoms with Crippen LogP contribution in [-0.2, 0) is 11.2 Å². The Kier molecular flexibility index (Phi) is 3.01. The molecule has 2 aromatic rings. The van der Waals surface area contributed by atoms with Crippen molar-refractivity contribution in [3.8, 4) is 0 Å². The van der Waals surface area contributed by atoms with Crippen LogP contribution in [0.4, 0.5) is 4.79 Å². The van der Waals surface area contributed by atoms with E-state index in [0.717, 1.165) is 16.5 Å². The van der Waals surface area contributed by atoms with E-state index in [1.165, 1.54) is 0 Å². The topological polar surface area (TPSA) is 71.2 Å². The van der Waals surface area contributed by atoms with Gasteiger partial charge in [-0.1, -0.05) is 12.1 Å². The highest BCUT2D eigenvalue weighted by Crippen LogP contribution is 2.29. The fourth-order valence-electron chi connectivity index (χ4n) is 2.69. The first-order valence-corrected chi connectivity index (χ1v) is 6.98. The molecule has 0 saturated heterocycles. The fourth-order valence-corrected chi connectivity index (χ4v) is 2.69. The first-order chi connectivity index (χ1) is 9.85. The maximum Gasteiger partial charge on any atom is 0.408 e. The molecule has 21 heavy (non-hydrogen) atoms. The largest absolute Gasteiger partial charge is 0.444 e. The second-order valence-electron chi connectivity index (χ2n) is 6.31. The third-order valence-corrected chi connectivity index (χ3v) is 3.48. The molecule has 0 radical (unpaired) electrons. The molecular formula is C16H18N2O3. The van der Waals surface area contributed by atoms with Gasteiger partial charge in [0.15, 0.2) is 5.78 Å². The number of H-pyrrole nitrogens is 1. The molecule has 1 aromatic carbocycles. The van der Waals surface area contributed by atoms with Gasteiger partial charge in [0.2, 0.25) is 0 Å². The van der Waals surface area contributed by atoms with E-state index in [4.69, 9.17) is 4.74 Å². The van der Waals surface area contributed by atoms with Gasteiger partial charge in [0.25, 0.3) is 0 Å². The predicted molar refractivity (Wildman–Crippen MR) is 79.5 cm³/mol. The predicted octanol–water partition coefficient (Wildman–Crippen LogP) is 2.80. The molecule has 1 amide bonds. The maximum atomic E-state index is 12.5. The highest BCUT2D eigenvalue weighted by atomic mass is 16.6. The van der Waals surface area contributed by atoms with Crippen LogP contribution in [0, 0.1) is 0 Å². The number of ketones is 1. The zero-order valence-electron chi connectivity index (χ0n) is 12.3. The molecule has 0 spiro atoms. The van der Waals surface area contributed by atoms with Crippen LogP contribution in [0.5, 0.6) is 0 Å². The molecule has 0 bridgehead atoms. The van der Waals surface area contributed by atoms with Gasteiger partial charge in [-0.15, -0.1) is 0 Å². The van der Waals surface area contributed by atoms with Crippen LogP contribution in [0.3, 0.4) is 0 Å². The molecule has 1 heterocycles. The molecule has 1 aliphatic carbocycles. The number of nitrogens with one attached hydrogen (secondary N) is 2. The monoisotopic (exact) mass is 286 g/mol. The number of rotatable bonds is 1. The van der Waals surface area contributed by atoms with Gasteiger partial charge in [0.1, 0.15) is 5.60 Å². The molecule has 5 heteroatoms. The van der Waals surface area contributed by atoms with Crippen molar-refractivity contribution >= 4 is 22.8 Å². The number of carbonyl (C=O) groups excluding carboxylic acids is 2. The van der Waals surface area contributed by atoms with E-state index in [0.29, 0.717) is 12.0 Å². The molecule has 3 rings (SSSR count). The quantitative estimate of drug-likeness (QED) is 0.846. The molecular weight excluding hydrogens is 268 g/mol. The molecule has 1 aromatic heterocycles. The Bertz CT molecular complexity index is 725. The summed E-state index contributed by atoms with van der Waals surface area (Å²) < 4.78 is 5.22. The smallest absolute Gasteiger partial charge is 0.408 e. The summed E-state index contributed by atoms with van der Waals surface area (Å²) in [7, 11) is 0. The average molecular weight is 286 g/mol. The van der Waals surface area contributed by atoms with Crippen molar-refractivity contribution in [1.82, 2.24) is 10.3 Å². The molecule has 0 aliphatic heterocycles. The van der Waals surface area contributed by atoms with Crippen molar-refractivity contribution < 1.29 is 14.3 Å². The van der Waals surface area contributed by atoms with Crippen LogP contribution in [0.2, 0.25) is 0 Å². The number of carbonyl (C=O) groups is 2. The number of ether oxygens (including phenoxy) is 1. The zero-order chi connectivity index (χ0) is 15.2. The van der Waals surface area contributed by atoms with Crippen LogP contribution < -0.4 is 5.32 Å². The fraction of sp³-hybridized carbons (Fsp3) is 0.375. The van der Waals surface area contributed by atoms with Crippen LogP contribution >= 0.6 is 0 Å². The van der Waals surface area contributed by atoms with Crippen LogP contribution in [-0.4, -0.2) is 28.5 Å². The van der Waals surface area contributed by atoms with E-state index in [9.17, 15) is 9.59 Å². The third-order valence-electron chi connectivity index (χ3n) is 3.48. The standard InChI is InChI=1S/C16H18N2O3/c1-16(2,3)21-15(20)18-12-7-9-8-17-11-6-4-5-10(13(9)11)14(12)19/h4-6,8,12,17H,7H2,1-3H3,(H,18,20). The zero-order valence-corrected chi connectivity index (χ0v) is 12.3. The average Bonchev–Trinajstić information content (AvgIpc) is 2.77. The number of benzene rings is 1.